The Bertz CT molecular complexity index is 485. The summed E-state index contributed by atoms with van der Waals surface area (Å²) >= 11 is 0. The Morgan fingerprint density at radius 1 is 1.44 bits per heavy atom. The molecule has 0 amide bonds. The number of aromatic nitrogens is 4. The first-order chi connectivity index (χ1) is 8.79. The molecule has 0 saturated heterocycles. The highest BCUT2D eigenvalue weighted by atomic mass is 19.1. The number of rotatable bonds is 6. The van der Waals surface area contributed by atoms with Gasteiger partial charge in [0.1, 0.15) is 0 Å². The first-order valence-electron chi connectivity index (χ1n) is 5.50. The van der Waals surface area contributed by atoms with Crippen LogP contribution in [0.5, 0.6) is 0 Å². The van der Waals surface area contributed by atoms with E-state index in [-0.39, 0.29) is 11.8 Å². The van der Waals surface area contributed by atoms with E-state index in [0.29, 0.717) is 6.54 Å². The van der Waals surface area contributed by atoms with Gasteiger partial charge in [0, 0.05) is 25.5 Å². The predicted molar refractivity (Wildman–Crippen MR) is 65.1 cm³/mol. The molecule has 0 bridgehead atoms. The van der Waals surface area contributed by atoms with Crippen LogP contribution in [0.3, 0.4) is 0 Å². The quantitative estimate of drug-likeness (QED) is 0.395. The summed E-state index contributed by atoms with van der Waals surface area (Å²) in [5.41, 5.74) is 2.26. The lowest BCUT2D eigenvalue weighted by molar-refractivity contribution is 0.586. The lowest BCUT2D eigenvalue weighted by atomic mass is 10.4. The van der Waals surface area contributed by atoms with Crippen molar-refractivity contribution < 1.29 is 4.39 Å². The van der Waals surface area contributed by atoms with Crippen molar-refractivity contribution in [1.29, 1.82) is 0 Å². The summed E-state index contributed by atoms with van der Waals surface area (Å²) < 4.78 is 15.1. The third-order valence-corrected chi connectivity index (χ3v) is 2.29. The molecular weight excluding hydrogens is 237 g/mol. The van der Waals surface area contributed by atoms with Crippen LogP contribution in [0, 0.1) is 5.82 Å². The molecule has 0 fully saturated rings. The van der Waals surface area contributed by atoms with Crippen LogP contribution in [0.25, 0.3) is 0 Å². The van der Waals surface area contributed by atoms with Crippen LogP contribution in [-0.2, 0) is 6.54 Å². The van der Waals surface area contributed by atoms with Gasteiger partial charge in [-0.15, -0.1) is 0 Å². The predicted octanol–water partition coefficient (Wildman–Crippen LogP) is 0.600. The topological polar surface area (TPSA) is 93.7 Å². The van der Waals surface area contributed by atoms with Crippen molar-refractivity contribution in [2.45, 2.75) is 13.0 Å². The van der Waals surface area contributed by atoms with E-state index in [9.17, 15) is 4.39 Å². The molecule has 0 aliphatic carbocycles. The molecule has 7 nitrogen and oxygen atoms in total. The minimum absolute atomic E-state index is 0.137. The van der Waals surface area contributed by atoms with Gasteiger partial charge in [-0.25, -0.2) is 15.2 Å². The van der Waals surface area contributed by atoms with Gasteiger partial charge in [0.25, 0.3) is 0 Å². The molecule has 2 aromatic rings. The second-order valence-corrected chi connectivity index (χ2v) is 3.58. The van der Waals surface area contributed by atoms with Gasteiger partial charge in [-0.2, -0.15) is 10.1 Å². The van der Waals surface area contributed by atoms with E-state index in [1.165, 1.54) is 0 Å². The molecule has 18 heavy (non-hydrogen) atoms. The van der Waals surface area contributed by atoms with Crippen molar-refractivity contribution in [3.8, 4) is 0 Å². The first-order valence-corrected chi connectivity index (χ1v) is 5.50. The molecule has 0 saturated carbocycles. The highest BCUT2D eigenvalue weighted by Gasteiger charge is 2.05. The van der Waals surface area contributed by atoms with Crippen LogP contribution in [0.4, 0.5) is 16.2 Å². The fraction of sp³-hybridized carbons (Fsp3) is 0.300. The number of hydrogen-bond donors (Lipinski definition) is 3. The Balaban J connectivity index is 1.82. The fourth-order valence-electron chi connectivity index (χ4n) is 1.44. The zero-order chi connectivity index (χ0) is 12.8. The summed E-state index contributed by atoms with van der Waals surface area (Å²) in [5.74, 6) is 4.95. The highest BCUT2D eigenvalue weighted by Crippen LogP contribution is 2.10. The molecule has 0 spiro atoms. The van der Waals surface area contributed by atoms with Gasteiger partial charge in [-0.05, 0) is 12.5 Å². The minimum Gasteiger partial charge on any atom is -0.367 e. The molecule has 2 rings (SSSR count). The zero-order valence-corrected chi connectivity index (χ0v) is 9.67. The molecule has 96 valence electrons. The number of aryl methyl sites for hydroxylation is 1. The van der Waals surface area contributed by atoms with Crippen LogP contribution in [-0.4, -0.2) is 26.3 Å². The fourth-order valence-corrected chi connectivity index (χ4v) is 1.44. The average Bonchev–Trinajstić information content (AvgIpc) is 2.89. The number of anilines is 2. The van der Waals surface area contributed by atoms with Gasteiger partial charge in [0.05, 0.1) is 6.20 Å². The molecule has 0 aliphatic heterocycles. The molecule has 0 aliphatic rings. The first kappa shape index (κ1) is 12.2. The van der Waals surface area contributed by atoms with E-state index in [2.05, 4.69) is 25.8 Å². The van der Waals surface area contributed by atoms with Gasteiger partial charge in [0.15, 0.2) is 11.6 Å². The Labute approximate surface area is 103 Å². The van der Waals surface area contributed by atoms with Crippen molar-refractivity contribution >= 4 is 11.8 Å². The Morgan fingerprint density at radius 3 is 3.06 bits per heavy atom. The number of halogens is 1. The third-order valence-electron chi connectivity index (χ3n) is 2.29. The summed E-state index contributed by atoms with van der Waals surface area (Å²) in [7, 11) is 0. The van der Waals surface area contributed by atoms with Crippen LogP contribution < -0.4 is 16.6 Å². The molecular formula is C10H14FN7. The van der Waals surface area contributed by atoms with E-state index in [0.717, 1.165) is 19.2 Å². The largest absolute Gasteiger partial charge is 0.367 e. The number of nitrogen functional groups attached to an aromatic ring is 1. The summed E-state index contributed by atoms with van der Waals surface area (Å²) in [4.78, 5) is 7.52. The van der Waals surface area contributed by atoms with Crippen molar-refractivity contribution in [2.24, 2.45) is 5.84 Å². The van der Waals surface area contributed by atoms with E-state index in [1.54, 1.807) is 6.20 Å². The summed E-state index contributed by atoms with van der Waals surface area (Å²) in [5, 5.41) is 6.96. The Kier molecular flexibility index (Phi) is 4.02. The summed E-state index contributed by atoms with van der Waals surface area (Å²) in [6.07, 6.45) is 5.47. The molecule has 8 heteroatoms. The van der Waals surface area contributed by atoms with Gasteiger partial charge in [-0.1, -0.05) is 0 Å². The number of hydrazine groups is 1. The average molecular weight is 251 g/mol. The van der Waals surface area contributed by atoms with Gasteiger partial charge in [0.2, 0.25) is 5.95 Å². The van der Waals surface area contributed by atoms with E-state index >= 15 is 0 Å². The maximum atomic E-state index is 13.3. The lowest BCUT2D eigenvalue weighted by Crippen LogP contribution is -2.14. The molecule has 2 heterocycles. The third kappa shape index (κ3) is 3.14. The lowest BCUT2D eigenvalue weighted by Gasteiger charge is -2.07. The number of nitrogens with one attached hydrogen (secondary N) is 2. The van der Waals surface area contributed by atoms with Crippen molar-refractivity contribution in [2.75, 3.05) is 17.3 Å². The molecule has 4 N–H and O–H groups in total. The molecule has 0 aromatic carbocycles. The monoisotopic (exact) mass is 251 g/mol. The Hall–Kier alpha value is -2.22. The van der Waals surface area contributed by atoms with Crippen LogP contribution in [0.1, 0.15) is 6.42 Å². The van der Waals surface area contributed by atoms with Crippen LogP contribution in [0.15, 0.2) is 24.7 Å². The number of hydrogen-bond acceptors (Lipinski definition) is 6. The summed E-state index contributed by atoms with van der Waals surface area (Å²) in [6, 6.07) is 1.86. The van der Waals surface area contributed by atoms with Gasteiger partial charge < -0.3 is 5.32 Å². The normalized spacial score (nSPS) is 10.3. The molecule has 0 radical (unpaired) electrons. The maximum absolute atomic E-state index is 13.3. The highest BCUT2D eigenvalue weighted by molar-refractivity contribution is 5.40. The molecule has 2 aromatic heterocycles. The zero-order valence-electron chi connectivity index (χ0n) is 9.67. The van der Waals surface area contributed by atoms with Gasteiger partial charge >= 0.3 is 0 Å². The van der Waals surface area contributed by atoms with Gasteiger partial charge in [-0.3, -0.25) is 10.1 Å². The Morgan fingerprint density at radius 2 is 2.33 bits per heavy atom. The van der Waals surface area contributed by atoms with Crippen LogP contribution in [0.2, 0.25) is 0 Å². The summed E-state index contributed by atoms with van der Waals surface area (Å²) in [6.45, 7) is 1.34. The van der Waals surface area contributed by atoms with E-state index in [1.807, 2.05) is 16.9 Å². The standard InChI is InChI=1S/C10H14FN7/c11-8-7-14-10(17-12)16-9(8)13-3-1-5-18-6-2-4-15-18/h2,4,6-7H,1,3,5,12H2,(H2,13,14,16,17). The smallest absolute Gasteiger partial charge is 0.239 e. The van der Waals surface area contributed by atoms with Crippen molar-refractivity contribution in [3.63, 3.8) is 0 Å². The number of nitrogens with two attached hydrogens (primary N) is 1. The minimum atomic E-state index is -0.506. The van der Waals surface area contributed by atoms with Crippen molar-refractivity contribution in [3.05, 3.63) is 30.5 Å². The molecule has 0 atom stereocenters. The van der Waals surface area contributed by atoms with Crippen LogP contribution >= 0.6 is 0 Å². The second kappa shape index (κ2) is 5.92. The second-order valence-electron chi connectivity index (χ2n) is 3.58. The SMILES string of the molecule is NNc1ncc(F)c(NCCCn2cccn2)n1. The van der Waals surface area contributed by atoms with Crippen molar-refractivity contribution in [1.82, 2.24) is 19.7 Å². The maximum Gasteiger partial charge on any atom is 0.239 e. The molecule has 0 unspecified atom stereocenters. The van der Waals surface area contributed by atoms with E-state index in [4.69, 9.17) is 5.84 Å². The van der Waals surface area contributed by atoms with E-state index < -0.39 is 5.82 Å². The number of nitrogens with zero attached hydrogens (tertiary/aromatic N) is 4.